The van der Waals surface area contributed by atoms with Crippen LogP contribution in [0.4, 0.5) is 0 Å². The Balaban J connectivity index is 2.34. The van der Waals surface area contributed by atoms with Crippen LogP contribution < -0.4 is 10.0 Å². The van der Waals surface area contributed by atoms with Gasteiger partial charge in [-0.05, 0) is 50.5 Å². The van der Waals surface area contributed by atoms with E-state index < -0.39 is 5.97 Å². The minimum atomic E-state index is -0.884. The molecule has 0 saturated carbocycles. The molecule has 0 spiro atoms. The smallest absolute Gasteiger partial charge is 0.336 e. The summed E-state index contributed by atoms with van der Waals surface area (Å²) in [6.45, 7) is 1.89. The molecular weight excluding hydrogens is 236 g/mol. The number of carboxylic acids is 1. The average Bonchev–Trinajstić information content (AvgIpc) is 2.34. The van der Waals surface area contributed by atoms with Crippen LogP contribution in [0.2, 0.25) is 0 Å². The predicted molar refractivity (Wildman–Crippen MR) is 70.4 cm³/mol. The third-order valence-corrected chi connectivity index (χ3v) is 3.18. The van der Waals surface area contributed by atoms with Crippen molar-refractivity contribution in [2.45, 2.75) is 17.7 Å². The second kappa shape index (κ2) is 8.11. The fourth-order valence-corrected chi connectivity index (χ4v) is 2.17. The van der Waals surface area contributed by atoms with Gasteiger partial charge in [-0.3, -0.25) is 4.72 Å². The first kappa shape index (κ1) is 14.0. The fraction of sp³-hybridized carbons (Fsp3) is 0.417. The van der Waals surface area contributed by atoms with E-state index in [9.17, 15) is 4.79 Å². The van der Waals surface area contributed by atoms with Crippen molar-refractivity contribution in [2.75, 3.05) is 20.1 Å². The highest BCUT2D eigenvalue weighted by Crippen LogP contribution is 2.19. The van der Waals surface area contributed by atoms with Gasteiger partial charge in [-0.25, -0.2) is 4.79 Å². The van der Waals surface area contributed by atoms with E-state index in [2.05, 4.69) is 10.0 Å². The first-order valence-electron chi connectivity index (χ1n) is 5.62. The molecule has 0 fully saturated rings. The molecule has 4 nitrogen and oxygen atoms in total. The molecule has 1 aromatic carbocycles. The predicted octanol–water partition coefficient (Wildman–Crippen LogP) is 1.98. The van der Waals surface area contributed by atoms with Crippen LogP contribution in [-0.4, -0.2) is 31.2 Å². The molecule has 0 aromatic heterocycles. The lowest BCUT2D eigenvalue weighted by atomic mass is 10.2. The van der Waals surface area contributed by atoms with Gasteiger partial charge >= 0.3 is 5.97 Å². The van der Waals surface area contributed by atoms with Gasteiger partial charge in [0.25, 0.3) is 0 Å². The van der Waals surface area contributed by atoms with Crippen LogP contribution in [0.5, 0.6) is 0 Å². The SMILES string of the molecule is CNCCCCNSc1ccccc1C(=O)O. The van der Waals surface area contributed by atoms with Crippen LogP contribution in [0.25, 0.3) is 0 Å². The third kappa shape index (κ3) is 5.21. The van der Waals surface area contributed by atoms with Gasteiger partial charge in [0.1, 0.15) is 0 Å². The van der Waals surface area contributed by atoms with E-state index in [-0.39, 0.29) is 0 Å². The van der Waals surface area contributed by atoms with Crippen LogP contribution >= 0.6 is 11.9 Å². The number of nitrogens with one attached hydrogen (secondary N) is 2. The first-order chi connectivity index (χ1) is 8.25. The molecule has 0 aliphatic carbocycles. The molecule has 1 aromatic rings. The van der Waals surface area contributed by atoms with Crippen molar-refractivity contribution in [3.63, 3.8) is 0 Å². The standard InChI is InChI=1S/C12H18N2O2S/c1-13-8-4-5-9-14-17-11-7-3-2-6-10(11)12(15)16/h2-3,6-7,13-14H,4-5,8-9H2,1H3,(H,15,16). The molecule has 0 heterocycles. The molecule has 0 bridgehead atoms. The van der Waals surface area contributed by atoms with E-state index in [1.807, 2.05) is 19.2 Å². The normalized spacial score (nSPS) is 10.4. The lowest BCUT2D eigenvalue weighted by Crippen LogP contribution is -2.12. The van der Waals surface area contributed by atoms with Crippen LogP contribution in [-0.2, 0) is 0 Å². The first-order valence-corrected chi connectivity index (χ1v) is 6.44. The lowest BCUT2D eigenvalue weighted by Gasteiger charge is -2.06. The Hall–Kier alpha value is -1.04. The molecule has 17 heavy (non-hydrogen) atoms. The highest BCUT2D eigenvalue weighted by Gasteiger charge is 2.08. The maximum atomic E-state index is 10.9. The molecule has 0 radical (unpaired) electrons. The van der Waals surface area contributed by atoms with E-state index in [1.165, 1.54) is 11.9 Å². The molecule has 0 aliphatic heterocycles. The number of benzene rings is 1. The molecule has 94 valence electrons. The van der Waals surface area contributed by atoms with Crippen molar-refractivity contribution in [1.29, 1.82) is 0 Å². The molecule has 1 rings (SSSR count). The van der Waals surface area contributed by atoms with E-state index in [0.717, 1.165) is 30.8 Å². The summed E-state index contributed by atoms with van der Waals surface area (Å²) in [7, 11) is 1.94. The van der Waals surface area contributed by atoms with Crippen LogP contribution in [0.1, 0.15) is 23.2 Å². The summed E-state index contributed by atoms with van der Waals surface area (Å²) < 4.78 is 3.18. The zero-order valence-corrected chi connectivity index (χ0v) is 10.7. The summed E-state index contributed by atoms with van der Waals surface area (Å²) in [5.74, 6) is -0.884. The number of hydrogen-bond acceptors (Lipinski definition) is 4. The summed E-state index contributed by atoms with van der Waals surface area (Å²) in [5, 5.41) is 12.1. The van der Waals surface area contributed by atoms with Crippen molar-refractivity contribution in [2.24, 2.45) is 0 Å². The zero-order chi connectivity index (χ0) is 12.5. The molecular formula is C12H18N2O2S. The largest absolute Gasteiger partial charge is 0.478 e. The Kier molecular flexibility index (Phi) is 6.69. The zero-order valence-electron chi connectivity index (χ0n) is 9.90. The Morgan fingerprint density at radius 1 is 1.29 bits per heavy atom. The molecule has 0 saturated heterocycles. The quantitative estimate of drug-likeness (QED) is 0.489. The van der Waals surface area contributed by atoms with E-state index in [4.69, 9.17) is 5.11 Å². The second-order valence-corrected chi connectivity index (χ2v) is 4.54. The van der Waals surface area contributed by atoms with Gasteiger partial charge in [0.15, 0.2) is 0 Å². The minimum absolute atomic E-state index is 0.347. The highest BCUT2D eigenvalue weighted by atomic mass is 32.2. The Morgan fingerprint density at radius 3 is 2.71 bits per heavy atom. The number of unbranched alkanes of at least 4 members (excludes halogenated alkanes) is 1. The Labute approximate surface area is 106 Å². The Bertz CT molecular complexity index is 358. The van der Waals surface area contributed by atoms with Crippen LogP contribution in [0, 0.1) is 0 Å². The second-order valence-electron chi connectivity index (χ2n) is 3.61. The minimum Gasteiger partial charge on any atom is -0.478 e. The van der Waals surface area contributed by atoms with Crippen molar-refractivity contribution in [3.8, 4) is 0 Å². The van der Waals surface area contributed by atoms with Gasteiger partial charge in [-0.1, -0.05) is 12.1 Å². The van der Waals surface area contributed by atoms with Gasteiger partial charge in [0.05, 0.1) is 5.56 Å². The number of carboxylic acid groups (broad SMARTS) is 1. The highest BCUT2D eigenvalue weighted by molar-refractivity contribution is 7.97. The number of aromatic carboxylic acids is 1. The monoisotopic (exact) mass is 254 g/mol. The van der Waals surface area contributed by atoms with Gasteiger partial charge in [-0.15, -0.1) is 0 Å². The average molecular weight is 254 g/mol. The molecule has 0 atom stereocenters. The molecule has 3 N–H and O–H groups in total. The van der Waals surface area contributed by atoms with Gasteiger partial charge < -0.3 is 10.4 Å². The molecule has 5 heteroatoms. The summed E-state index contributed by atoms with van der Waals surface area (Å²) in [6, 6.07) is 7.01. The van der Waals surface area contributed by atoms with Crippen LogP contribution in [0.15, 0.2) is 29.2 Å². The summed E-state index contributed by atoms with van der Waals surface area (Å²) in [4.78, 5) is 11.7. The summed E-state index contributed by atoms with van der Waals surface area (Å²) in [5.41, 5.74) is 0.347. The number of hydrogen-bond donors (Lipinski definition) is 3. The maximum absolute atomic E-state index is 10.9. The summed E-state index contributed by atoms with van der Waals surface area (Å²) >= 11 is 1.38. The third-order valence-electron chi connectivity index (χ3n) is 2.26. The van der Waals surface area contributed by atoms with Crippen molar-refractivity contribution in [3.05, 3.63) is 29.8 Å². The number of rotatable bonds is 8. The van der Waals surface area contributed by atoms with E-state index in [1.54, 1.807) is 12.1 Å². The topological polar surface area (TPSA) is 61.4 Å². The summed E-state index contributed by atoms with van der Waals surface area (Å²) in [6.07, 6.45) is 2.19. The van der Waals surface area contributed by atoms with Crippen molar-refractivity contribution in [1.82, 2.24) is 10.0 Å². The fourth-order valence-electron chi connectivity index (χ4n) is 1.36. The van der Waals surface area contributed by atoms with Gasteiger partial charge in [0.2, 0.25) is 0 Å². The van der Waals surface area contributed by atoms with Crippen LogP contribution in [0.3, 0.4) is 0 Å². The Morgan fingerprint density at radius 2 is 2.00 bits per heavy atom. The molecule has 0 aliphatic rings. The van der Waals surface area contributed by atoms with E-state index in [0.29, 0.717) is 5.56 Å². The molecule has 0 amide bonds. The van der Waals surface area contributed by atoms with Gasteiger partial charge in [0, 0.05) is 11.4 Å². The van der Waals surface area contributed by atoms with Gasteiger partial charge in [-0.2, -0.15) is 0 Å². The van der Waals surface area contributed by atoms with Crippen molar-refractivity contribution < 1.29 is 9.90 Å². The number of carbonyl (C=O) groups is 1. The molecule has 0 unspecified atom stereocenters. The maximum Gasteiger partial charge on any atom is 0.336 e. The van der Waals surface area contributed by atoms with E-state index >= 15 is 0 Å². The van der Waals surface area contributed by atoms with Crippen molar-refractivity contribution >= 4 is 17.9 Å². The lowest BCUT2D eigenvalue weighted by molar-refractivity contribution is 0.0693.